The summed E-state index contributed by atoms with van der Waals surface area (Å²) in [6.45, 7) is 4.65. The second-order valence-corrected chi connectivity index (χ2v) is 9.40. The van der Waals surface area contributed by atoms with Crippen LogP contribution in [0.2, 0.25) is 0 Å². The molecule has 4 atom stereocenters. The Balaban J connectivity index is 1.60. The predicted octanol–water partition coefficient (Wildman–Crippen LogP) is 0.0327. The summed E-state index contributed by atoms with van der Waals surface area (Å²) in [5.74, 6) is 0.234. The van der Waals surface area contributed by atoms with Crippen LogP contribution in [0, 0.1) is 18.8 Å². The summed E-state index contributed by atoms with van der Waals surface area (Å²) in [4.78, 5) is 11.3. The van der Waals surface area contributed by atoms with Crippen LogP contribution in [-0.2, 0) is 26.6 Å². The van der Waals surface area contributed by atoms with Crippen LogP contribution in [0.3, 0.4) is 0 Å². The van der Waals surface area contributed by atoms with Crippen LogP contribution in [-0.4, -0.2) is 59.7 Å². The molecule has 4 rings (SSSR count). The molecule has 25 heavy (non-hydrogen) atoms. The molecule has 3 aliphatic rings. The molecule has 3 fully saturated rings. The summed E-state index contributed by atoms with van der Waals surface area (Å²) in [6, 6.07) is 1.61. The van der Waals surface area contributed by atoms with Crippen LogP contribution < -0.4 is 5.32 Å². The number of carbonyl (C=O) groups is 1. The van der Waals surface area contributed by atoms with Crippen LogP contribution in [0.5, 0.6) is 0 Å². The molecule has 0 aromatic carbocycles. The molecule has 2 bridgehead atoms. The highest BCUT2D eigenvalue weighted by Crippen LogP contribution is 2.55. The predicted molar refractivity (Wildman–Crippen MR) is 89.2 cm³/mol. The van der Waals surface area contributed by atoms with Gasteiger partial charge < -0.3 is 10.1 Å². The van der Waals surface area contributed by atoms with E-state index in [-0.39, 0.29) is 28.9 Å². The van der Waals surface area contributed by atoms with Gasteiger partial charge in [0.15, 0.2) is 5.03 Å². The number of ether oxygens (including phenoxy) is 1. The maximum atomic E-state index is 13.1. The molecule has 3 saturated heterocycles. The van der Waals surface area contributed by atoms with Crippen molar-refractivity contribution in [1.82, 2.24) is 19.4 Å². The molecule has 1 aromatic heterocycles. The SMILES string of the molecule is CC(=O)NC[C@H]1[C@H]2CN(S(=O)(=O)c3cc(C)nn3C)C[C@]23CC[C@H]1O3. The summed E-state index contributed by atoms with van der Waals surface area (Å²) < 4.78 is 35.4. The summed E-state index contributed by atoms with van der Waals surface area (Å²) in [5.41, 5.74) is 0.286. The summed E-state index contributed by atoms with van der Waals surface area (Å²) in [7, 11) is -1.96. The van der Waals surface area contributed by atoms with Crippen molar-refractivity contribution < 1.29 is 17.9 Å². The minimum atomic E-state index is -3.61. The number of sulfonamides is 1. The number of aromatic nitrogens is 2. The first-order valence-corrected chi connectivity index (χ1v) is 10.1. The molecule has 138 valence electrons. The van der Waals surface area contributed by atoms with Gasteiger partial charge in [-0.2, -0.15) is 9.40 Å². The highest BCUT2D eigenvalue weighted by atomic mass is 32.2. The van der Waals surface area contributed by atoms with E-state index in [1.54, 1.807) is 20.0 Å². The number of nitrogens with zero attached hydrogens (tertiary/aromatic N) is 3. The fourth-order valence-electron chi connectivity index (χ4n) is 4.83. The molecule has 3 aliphatic heterocycles. The number of nitrogens with one attached hydrogen (secondary N) is 1. The van der Waals surface area contributed by atoms with E-state index in [4.69, 9.17) is 4.74 Å². The molecule has 1 spiro atoms. The van der Waals surface area contributed by atoms with Gasteiger partial charge in [0.2, 0.25) is 5.91 Å². The quantitative estimate of drug-likeness (QED) is 0.809. The molecule has 8 nitrogen and oxygen atoms in total. The number of rotatable bonds is 4. The van der Waals surface area contributed by atoms with Crippen molar-refractivity contribution in [3.8, 4) is 0 Å². The summed E-state index contributed by atoms with van der Waals surface area (Å²) in [5, 5.41) is 7.26. The molecular weight excluding hydrogens is 344 g/mol. The van der Waals surface area contributed by atoms with Gasteiger partial charge in [0.1, 0.15) is 0 Å². The second kappa shape index (κ2) is 5.52. The summed E-state index contributed by atoms with van der Waals surface area (Å²) >= 11 is 0. The highest BCUT2D eigenvalue weighted by molar-refractivity contribution is 7.89. The lowest BCUT2D eigenvalue weighted by Crippen LogP contribution is -2.41. The fraction of sp³-hybridized carbons (Fsp3) is 0.750. The van der Waals surface area contributed by atoms with E-state index >= 15 is 0 Å². The van der Waals surface area contributed by atoms with E-state index in [1.807, 2.05) is 0 Å². The van der Waals surface area contributed by atoms with Crippen LogP contribution in [0.1, 0.15) is 25.5 Å². The minimum absolute atomic E-state index is 0.0651. The average Bonchev–Trinajstić information content (AvgIpc) is 3.24. The third-order valence-corrected chi connectivity index (χ3v) is 7.77. The Labute approximate surface area is 147 Å². The monoisotopic (exact) mass is 368 g/mol. The third kappa shape index (κ3) is 2.51. The lowest BCUT2D eigenvalue weighted by molar-refractivity contribution is -0.119. The zero-order chi connectivity index (χ0) is 18.0. The van der Waals surface area contributed by atoms with Crippen LogP contribution in [0.25, 0.3) is 0 Å². The van der Waals surface area contributed by atoms with E-state index in [0.29, 0.717) is 25.3 Å². The number of hydrogen-bond acceptors (Lipinski definition) is 5. The van der Waals surface area contributed by atoms with Gasteiger partial charge in [-0.15, -0.1) is 0 Å². The molecule has 0 saturated carbocycles. The maximum absolute atomic E-state index is 13.1. The zero-order valence-electron chi connectivity index (χ0n) is 14.7. The normalized spacial score (nSPS) is 34.4. The van der Waals surface area contributed by atoms with E-state index < -0.39 is 15.6 Å². The lowest BCUT2D eigenvalue weighted by atomic mass is 9.73. The zero-order valence-corrected chi connectivity index (χ0v) is 15.5. The first-order chi connectivity index (χ1) is 11.7. The molecule has 4 heterocycles. The molecule has 1 N–H and O–H groups in total. The third-order valence-electron chi connectivity index (χ3n) is 5.90. The van der Waals surface area contributed by atoms with Crippen molar-refractivity contribution in [1.29, 1.82) is 0 Å². The molecular formula is C16H24N4O4S. The molecule has 0 radical (unpaired) electrons. The molecule has 0 aliphatic carbocycles. The van der Waals surface area contributed by atoms with Gasteiger partial charge >= 0.3 is 0 Å². The first-order valence-electron chi connectivity index (χ1n) is 8.66. The van der Waals surface area contributed by atoms with Gasteiger partial charge in [-0.25, -0.2) is 8.42 Å². The fourth-order valence-corrected chi connectivity index (χ4v) is 6.53. The topological polar surface area (TPSA) is 93.5 Å². The first kappa shape index (κ1) is 17.0. The number of fused-ring (bicyclic) bond motifs is 1. The van der Waals surface area contributed by atoms with Crippen LogP contribution in [0.4, 0.5) is 0 Å². The molecule has 1 amide bonds. The maximum Gasteiger partial charge on any atom is 0.260 e. The Morgan fingerprint density at radius 2 is 2.28 bits per heavy atom. The lowest BCUT2D eigenvalue weighted by Gasteiger charge is -2.29. The average molecular weight is 368 g/mol. The van der Waals surface area contributed by atoms with Crippen molar-refractivity contribution in [3.05, 3.63) is 11.8 Å². The Kier molecular flexibility index (Phi) is 3.75. The van der Waals surface area contributed by atoms with Gasteiger partial charge in [-0.1, -0.05) is 0 Å². The van der Waals surface area contributed by atoms with Crippen molar-refractivity contribution in [2.45, 2.75) is 43.4 Å². The van der Waals surface area contributed by atoms with Crippen LogP contribution in [0.15, 0.2) is 11.1 Å². The van der Waals surface area contributed by atoms with Gasteiger partial charge in [-0.05, 0) is 25.8 Å². The van der Waals surface area contributed by atoms with E-state index in [2.05, 4.69) is 10.4 Å². The van der Waals surface area contributed by atoms with Crippen molar-refractivity contribution in [3.63, 3.8) is 0 Å². The number of carbonyl (C=O) groups excluding carboxylic acids is 1. The van der Waals surface area contributed by atoms with Gasteiger partial charge in [0.05, 0.1) is 17.4 Å². The van der Waals surface area contributed by atoms with E-state index in [0.717, 1.165) is 12.8 Å². The molecule has 9 heteroatoms. The van der Waals surface area contributed by atoms with E-state index in [1.165, 1.54) is 15.9 Å². The Morgan fingerprint density at radius 1 is 1.52 bits per heavy atom. The Morgan fingerprint density at radius 3 is 2.92 bits per heavy atom. The van der Waals surface area contributed by atoms with Crippen molar-refractivity contribution >= 4 is 15.9 Å². The van der Waals surface area contributed by atoms with Crippen molar-refractivity contribution in [2.24, 2.45) is 18.9 Å². The van der Waals surface area contributed by atoms with Gasteiger partial charge in [-0.3, -0.25) is 9.48 Å². The summed E-state index contributed by atoms with van der Waals surface area (Å²) in [6.07, 6.45) is 1.94. The number of amides is 1. The van der Waals surface area contributed by atoms with Gasteiger partial charge in [0, 0.05) is 45.4 Å². The smallest absolute Gasteiger partial charge is 0.260 e. The van der Waals surface area contributed by atoms with E-state index in [9.17, 15) is 13.2 Å². The second-order valence-electron chi connectivity index (χ2n) is 7.51. The standard InChI is InChI=1S/C16H24N4O4S/c1-10-6-15(19(3)18-10)25(22,23)20-8-13-12(7-17-11(2)21)14-4-5-16(13,9-20)24-14/h6,12-14H,4-5,7-9H2,1-3H3,(H,17,21)/t12-,13+,14+,16+/m0/s1. The Bertz CT molecular complexity index is 820. The molecule has 1 aromatic rings. The number of hydrogen-bond donors (Lipinski definition) is 1. The molecule has 0 unspecified atom stereocenters. The minimum Gasteiger partial charge on any atom is -0.370 e. The largest absolute Gasteiger partial charge is 0.370 e. The Hall–Kier alpha value is -1.45. The van der Waals surface area contributed by atoms with Gasteiger partial charge in [0.25, 0.3) is 10.0 Å². The number of aryl methyl sites for hydroxylation is 2. The van der Waals surface area contributed by atoms with Crippen molar-refractivity contribution in [2.75, 3.05) is 19.6 Å². The van der Waals surface area contributed by atoms with Crippen LogP contribution >= 0.6 is 0 Å². The highest BCUT2D eigenvalue weighted by Gasteiger charge is 2.64.